The lowest BCUT2D eigenvalue weighted by molar-refractivity contribution is -0.143. The summed E-state index contributed by atoms with van der Waals surface area (Å²) in [5, 5.41) is 16.9. The smallest absolute Gasteiger partial charge is 0.308 e. The van der Waals surface area contributed by atoms with Gasteiger partial charge in [-0.25, -0.2) is 0 Å². The molecule has 2 atom stereocenters. The topological polar surface area (TPSA) is 86.3 Å². The number of aromatic nitrogens is 2. The fraction of sp³-hybridized carbons (Fsp3) is 0.722. The van der Waals surface area contributed by atoms with Crippen LogP contribution in [-0.4, -0.2) is 45.2 Å². The number of likely N-dealkylation sites (tertiary alicyclic amines) is 1. The molecule has 0 bridgehead atoms. The second-order valence-corrected chi connectivity index (χ2v) is 7.49. The standard InChI is InChI=1S/C18H27N3O3/c1-11(2)13-9-21(10-14(13)18(23)24)17(22)8-7-16-12-5-3-4-6-15(12)19-20-16/h11,13-14H,3-10H2,1-2H3,(H,19,20)(H,23,24)/t13-,14+/m0/s1. The van der Waals surface area contributed by atoms with Crippen LogP contribution in [0.25, 0.3) is 0 Å². The summed E-state index contributed by atoms with van der Waals surface area (Å²) < 4.78 is 0. The quantitative estimate of drug-likeness (QED) is 0.863. The molecule has 2 aliphatic rings. The number of aromatic amines is 1. The van der Waals surface area contributed by atoms with Gasteiger partial charge in [-0.3, -0.25) is 14.7 Å². The number of fused-ring (bicyclic) bond motifs is 1. The van der Waals surface area contributed by atoms with Crippen LogP contribution in [0.5, 0.6) is 0 Å². The Hall–Kier alpha value is -1.85. The number of amides is 1. The molecule has 0 unspecified atom stereocenters. The van der Waals surface area contributed by atoms with Gasteiger partial charge < -0.3 is 10.0 Å². The van der Waals surface area contributed by atoms with Crippen molar-refractivity contribution in [1.29, 1.82) is 0 Å². The third kappa shape index (κ3) is 3.32. The van der Waals surface area contributed by atoms with Gasteiger partial charge in [0.25, 0.3) is 0 Å². The first-order valence-corrected chi connectivity index (χ1v) is 9.03. The molecule has 2 heterocycles. The van der Waals surface area contributed by atoms with E-state index >= 15 is 0 Å². The number of hydrogen-bond donors (Lipinski definition) is 2. The maximum absolute atomic E-state index is 12.5. The molecule has 1 aromatic heterocycles. The fourth-order valence-corrected chi connectivity index (χ4v) is 4.11. The number of carbonyl (C=O) groups is 2. The number of nitrogens with zero attached hydrogens (tertiary/aromatic N) is 2. The monoisotopic (exact) mass is 333 g/mol. The first-order chi connectivity index (χ1) is 11.5. The van der Waals surface area contributed by atoms with Gasteiger partial charge >= 0.3 is 5.97 Å². The van der Waals surface area contributed by atoms with Crippen LogP contribution in [0.3, 0.4) is 0 Å². The average molecular weight is 333 g/mol. The van der Waals surface area contributed by atoms with Gasteiger partial charge in [0.15, 0.2) is 0 Å². The van der Waals surface area contributed by atoms with Crippen LogP contribution in [0, 0.1) is 17.8 Å². The van der Waals surface area contributed by atoms with Gasteiger partial charge in [-0.1, -0.05) is 13.8 Å². The molecular formula is C18H27N3O3. The maximum Gasteiger partial charge on any atom is 0.308 e. The van der Waals surface area contributed by atoms with E-state index in [4.69, 9.17) is 0 Å². The van der Waals surface area contributed by atoms with Crippen LogP contribution in [0.15, 0.2) is 0 Å². The summed E-state index contributed by atoms with van der Waals surface area (Å²) in [4.78, 5) is 25.7. The zero-order valence-electron chi connectivity index (χ0n) is 14.5. The van der Waals surface area contributed by atoms with E-state index in [-0.39, 0.29) is 17.7 Å². The summed E-state index contributed by atoms with van der Waals surface area (Å²) in [5.74, 6) is -0.860. The fourth-order valence-electron chi connectivity index (χ4n) is 4.11. The highest BCUT2D eigenvalue weighted by molar-refractivity contribution is 5.79. The van der Waals surface area contributed by atoms with Gasteiger partial charge in [-0.05, 0) is 43.1 Å². The molecule has 6 nitrogen and oxygen atoms in total. The molecule has 2 N–H and O–H groups in total. The normalized spacial score (nSPS) is 23.5. The van der Waals surface area contributed by atoms with Crippen LogP contribution in [0.4, 0.5) is 0 Å². The van der Waals surface area contributed by atoms with Crippen LogP contribution in [-0.2, 0) is 28.9 Å². The highest BCUT2D eigenvalue weighted by Crippen LogP contribution is 2.30. The summed E-state index contributed by atoms with van der Waals surface area (Å²) in [6, 6.07) is 0. The molecule has 0 saturated carbocycles. The molecule has 1 fully saturated rings. The lowest BCUT2D eigenvalue weighted by Crippen LogP contribution is -2.30. The van der Waals surface area contributed by atoms with Gasteiger partial charge in [0, 0.05) is 31.6 Å². The molecule has 3 rings (SSSR count). The molecular weight excluding hydrogens is 306 g/mol. The number of rotatable bonds is 5. The Bertz CT molecular complexity index is 623. The predicted molar refractivity (Wildman–Crippen MR) is 89.6 cm³/mol. The van der Waals surface area contributed by atoms with E-state index in [0.29, 0.717) is 25.9 Å². The van der Waals surface area contributed by atoms with Crippen LogP contribution >= 0.6 is 0 Å². The van der Waals surface area contributed by atoms with E-state index in [2.05, 4.69) is 10.2 Å². The summed E-state index contributed by atoms with van der Waals surface area (Å²) in [7, 11) is 0. The van der Waals surface area contributed by atoms with E-state index in [1.807, 2.05) is 13.8 Å². The molecule has 0 aromatic carbocycles. The van der Waals surface area contributed by atoms with Crippen molar-refractivity contribution >= 4 is 11.9 Å². The summed E-state index contributed by atoms with van der Waals surface area (Å²) in [5.41, 5.74) is 3.56. The number of nitrogens with one attached hydrogen (secondary N) is 1. The maximum atomic E-state index is 12.5. The van der Waals surface area contributed by atoms with Crippen molar-refractivity contribution in [3.05, 3.63) is 17.0 Å². The first-order valence-electron chi connectivity index (χ1n) is 9.03. The number of aliphatic carboxylic acids is 1. The van der Waals surface area contributed by atoms with Gasteiger partial charge in [-0.15, -0.1) is 0 Å². The Morgan fingerprint density at radius 3 is 2.71 bits per heavy atom. The van der Waals surface area contributed by atoms with Gasteiger partial charge in [0.2, 0.25) is 5.91 Å². The van der Waals surface area contributed by atoms with Crippen molar-refractivity contribution < 1.29 is 14.7 Å². The van der Waals surface area contributed by atoms with Crippen molar-refractivity contribution in [2.75, 3.05) is 13.1 Å². The Morgan fingerprint density at radius 2 is 2.04 bits per heavy atom. The third-order valence-electron chi connectivity index (χ3n) is 5.61. The number of H-pyrrole nitrogens is 1. The Morgan fingerprint density at radius 1 is 1.29 bits per heavy atom. The SMILES string of the molecule is CC(C)[C@@H]1CN(C(=O)CCc2n[nH]c3c2CCCC3)C[C@H]1C(=O)O. The largest absolute Gasteiger partial charge is 0.481 e. The average Bonchev–Trinajstić information content (AvgIpc) is 3.17. The van der Waals surface area contributed by atoms with E-state index in [1.165, 1.54) is 24.1 Å². The van der Waals surface area contributed by atoms with Crippen molar-refractivity contribution in [1.82, 2.24) is 15.1 Å². The van der Waals surface area contributed by atoms with Crippen LogP contribution in [0.1, 0.15) is 50.1 Å². The number of carboxylic acid groups (broad SMARTS) is 1. The second-order valence-electron chi connectivity index (χ2n) is 7.49. The van der Waals surface area contributed by atoms with Crippen LogP contribution < -0.4 is 0 Å². The van der Waals surface area contributed by atoms with Crippen molar-refractivity contribution in [2.24, 2.45) is 17.8 Å². The molecule has 132 valence electrons. The molecule has 1 amide bonds. The molecule has 0 radical (unpaired) electrons. The summed E-state index contributed by atoms with van der Waals surface area (Å²) in [6.45, 7) is 4.97. The molecule has 1 aliphatic heterocycles. The molecule has 1 aliphatic carbocycles. The predicted octanol–water partition coefficient (Wildman–Crippen LogP) is 2.04. The van der Waals surface area contributed by atoms with Crippen molar-refractivity contribution in [2.45, 2.75) is 52.4 Å². The van der Waals surface area contributed by atoms with Crippen molar-refractivity contribution in [3.63, 3.8) is 0 Å². The minimum absolute atomic E-state index is 0.0459. The Kier molecular flexibility index (Phi) is 4.92. The molecule has 1 saturated heterocycles. The number of hydrogen-bond acceptors (Lipinski definition) is 3. The Balaban J connectivity index is 1.59. The lowest BCUT2D eigenvalue weighted by Gasteiger charge is -2.18. The first kappa shape index (κ1) is 17.0. The third-order valence-corrected chi connectivity index (χ3v) is 5.61. The van der Waals surface area contributed by atoms with Gasteiger partial charge in [0.05, 0.1) is 11.6 Å². The van der Waals surface area contributed by atoms with Crippen molar-refractivity contribution in [3.8, 4) is 0 Å². The summed E-state index contributed by atoms with van der Waals surface area (Å²) >= 11 is 0. The van der Waals surface area contributed by atoms with Gasteiger partial charge in [-0.2, -0.15) is 5.10 Å². The van der Waals surface area contributed by atoms with Gasteiger partial charge in [0.1, 0.15) is 0 Å². The second kappa shape index (κ2) is 6.95. The van der Waals surface area contributed by atoms with E-state index in [0.717, 1.165) is 18.5 Å². The highest BCUT2D eigenvalue weighted by atomic mass is 16.4. The zero-order chi connectivity index (χ0) is 17.3. The molecule has 1 aromatic rings. The highest BCUT2D eigenvalue weighted by Gasteiger charge is 2.40. The lowest BCUT2D eigenvalue weighted by atomic mass is 9.86. The number of aryl methyl sites for hydroxylation is 2. The molecule has 6 heteroatoms. The summed E-state index contributed by atoms with van der Waals surface area (Å²) in [6.07, 6.45) is 5.55. The van der Waals surface area contributed by atoms with Crippen LogP contribution in [0.2, 0.25) is 0 Å². The number of carbonyl (C=O) groups excluding carboxylic acids is 1. The minimum atomic E-state index is -0.787. The molecule has 24 heavy (non-hydrogen) atoms. The minimum Gasteiger partial charge on any atom is -0.481 e. The number of carboxylic acids is 1. The van der Waals surface area contributed by atoms with E-state index < -0.39 is 11.9 Å². The van der Waals surface area contributed by atoms with E-state index in [1.54, 1.807) is 4.90 Å². The van der Waals surface area contributed by atoms with E-state index in [9.17, 15) is 14.7 Å². The molecule has 0 spiro atoms. The Labute approximate surface area is 142 Å². The zero-order valence-corrected chi connectivity index (χ0v) is 14.5.